The summed E-state index contributed by atoms with van der Waals surface area (Å²) >= 11 is 0. The number of piperidine rings is 1. The van der Waals surface area contributed by atoms with Crippen molar-refractivity contribution in [2.75, 3.05) is 0 Å². The summed E-state index contributed by atoms with van der Waals surface area (Å²) < 4.78 is 26.5. The molecule has 1 saturated heterocycles. The van der Waals surface area contributed by atoms with Crippen LogP contribution in [-0.2, 0) is 0 Å². The number of aromatic nitrogens is 1. The van der Waals surface area contributed by atoms with Crippen molar-refractivity contribution in [3.8, 4) is 0 Å². The Hall–Kier alpha value is -1.56. The molecule has 2 atom stereocenters. The van der Waals surface area contributed by atoms with Gasteiger partial charge in [-0.15, -0.1) is 0 Å². The highest BCUT2D eigenvalue weighted by Crippen LogP contribution is 2.20. The number of pyridine rings is 1. The van der Waals surface area contributed by atoms with E-state index < -0.39 is 17.7 Å². The molecule has 1 aliphatic rings. The number of halogens is 2. The second-order valence-corrected chi connectivity index (χ2v) is 4.94. The predicted molar refractivity (Wildman–Crippen MR) is 66.2 cm³/mol. The van der Waals surface area contributed by atoms with Crippen LogP contribution in [0.2, 0.25) is 0 Å². The standard InChI is InChI=1S/C13H17F2N3O/c1-8-4-3-5-9(2)18(8)17-13(19)10-6-7-16-12(15)11(10)14/h6-9H,3-5H2,1-2H3,(H,17,19). The van der Waals surface area contributed by atoms with Crippen molar-refractivity contribution in [1.82, 2.24) is 15.4 Å². The fraction of sp³-hybridized carbons (Fsp3) is 0.538. The van der Waals surface area contributed by atoms with Crippen molar-refractivity contribution in [2.24, 2.45) is 0 Å². The first kappa shape index (κ1) is 13.9. The third-order valence-corrected chi connectivity index (χ3v) is 3.52. The minimum atomic E-state index is -1.26. The van der Waals surface area contributed by atoms with E-state index in [1.54, 1.807) is 0 Å². The summed E-state index contributed by atoms with van der Waals surface area (Å²) in [6.07, 6.45) is 4.12. The Kier molecular flexibility index (Phi) is 4.09. The van der Waals surface area contributed by atoms with Crippen LogP contribution in [0.15, 0.2) is 12.3 Å². The zero-order chi connectivity index (χ0) is 14.0. The monoisotopic (exact) mass is 269 g/mol. The van der Waals surface area contributed by atoms with Gasteiger partial charge in [-0.25, -0.2) is 14.4 Å². The molecule has 0 saturated carbocycles. The number of carbonyl (C=O) groups is 1. The normalized spacial score (nSPS) is 24.2. The number of nitrogens with zero attached hydrogens (tertiary/aromatic N) is 2. The largest absolute Gasteiger partial charge is 0.284 e. The van der Waals surface area contributed by atoms with Gasteiger partial charge >= 0.3 is 0 Å². The summed E-state index contributed by atoms with van der Waals surface area (Å²) in [6, 6.07) is 1.54. The second kappa shape index (κ2) is 5.61. The van der Waals surface area contributed by atoms with Crippen LogP contribution in [0, 0.1) is 11.8 Å². The molecule has 1 aromatic heterocycles. The fourth-order valence-electron chi connectivity index (χ4n) is 2.41. The molecule has 6 heteroatoms. The van der Waals surface area contributed by atoms with Gasteiger partial charge in [0.2, 0.25) is 5.95 Å². The Balaban J connectivity index is 2.14. The number of amides is 1. The van der Waals surface area contributed by atoms with E-state index in [0.717, 1.165) is 25.5 Å². The highest BCUT2D eigenvalue weighted by molar-refractivity contribution is 5.94. The number of hydrogen-bond donors (Lipinski definition) is 1. The van der Waals surface area contributed by atoms with Crippen molar-refractivity contribution >= 4 is 5.91 Å². The Labute approximate surface area is 110 Å². The first-order valence-corrected chi connectivity index (χ1v) is 6.40. The minimum absolute atomic E-state index is 0.183. The maximum Gasteiger partial charge on any atom is 0.268 e. The summed E-state index contributed by atoms with van der Waals surface area (Å²) in [5.74, 6) is -3.11. The maximum absolute atomic E-state index is 13.5. The molecule has 2 rings (SSSR count). The molecule has 0 aromatic carbocycles. The summed E-state index contributed by atoms with van der Waals surface area (Å²) in [5, 5.41) is 1.81. The average Bonchev–Trinajstić information content (AvgIpc) is 2.37. The number of hydrogen-bond acceptors (Lipinski definition) is 3. The van der Waals surface area contributed by atoms with Crippen LogP contribution in [0.5, 0.6) is 0 Å². The number of hydrazine groups is 1. The Morgan fingerprint density at radius 1 is 1.37 bits per heavy atom. The van der Waals surface area contributed by atoms with E-state index in [1.807, 2.05) is 18.9 Å². The van der Waals surface area contributed by atoms with Gasteiger partial charge in [0.05, 0.1) is 5.56 Å². The quantitative estimate of drug-likeness (QED) is 0.838. The molecule has 0 radical (unpaired) electrons. The van der Waals surface area contributed by atoms with Crippen LogP contribution < -0.4 is 5.43 Å². The smallest absolute Gasteiger partial charge is 0.268 e. The van der Waals surface area contributed by atoms with Crippen LogP contribution in [-0.4, -0.2) is 28.0 Å². The SMILES string of the molecule is CC1CCCC(C)N1NC(=O)c1ccnc(F)c1F. The Morgan fingerprint density at radius 3 is 2.63 bits per heavy atom. The van der Waals surface area contributed by atoms with Crippen LogP contribution in [0.1, 0.15) is 43.5 Å². The summed E-state index contributed by atoms with van der Waals surface area (Å²) in [5.41, 5.74) is 2.34. The van der Waals surface area contributed by atoms with Gasteiger partial charge in [0.1, 0.15) is 0 Å². The van der Waals surface area contributed by atoms with Gasteiger partial charge in [0.25, 0.3) is 5.91 Å². The van der Waals surface area contributed by atoms with Crippen LogP contribution in [0.4, 0.5) is 8.78 Å². The van der Waals surface area contributed by atoms with Crippen molar-refractivity contribution in [2.45, 2.75) is 45.2 Å². The molecule has 19 heavy (non-hydrogen) atoms. The lowest BCUT2D eigenvalue weighted by Crippen LogP contribution is -2.54. The first-order valence-electron chi connectivity index (χ1n) is 6.40. The van der Waals surface area contributed by atoms with E-state index >= 15 is 0 Å². The van der Waals surface area contributed by atoms with Crippen LogP contribution in [0.3, 0.4) is 0 Å². The van der Waals surface area contributed by atoms with E-state index in [9.17, 15) is 13.6 Å². The molecule has 2 heterocycles. The summed E-state index contributed by atoms with van der Waals surface area (Å²) in [4.78, 5) is 15.2. The van der Waals surface area contributed by atoms with Gasteiger partial charge in [-0.1, -0.05) is 6.42 Å². The van der Waals surface area contributed by atoms with Gasteiger partial charge in [-0.3, -0.25) is 10.2 Å². The highest BCUT2D eigenvalue weighted by atomic mass is 19.2. The van der Waals surface area contributed by atoms with Crippen molar-refractivity contribution in [3.63, 3.8) is 0 Å². The lowest BCUT2D eigenvalue weighted by Gasteiger charge is -2.38. The molecule has 1 aliphatic heterocycles. The zero-order valence-corrected chi connectivity index (χ0v) is 11.0. The molecule has 0 spiro atoms. The van der Waals surface area contributed by atoms with E-state index in [4.69, 9.17) is 0 Å². The van der Waals surface area contributed by atoms with Crippen LogP contribution in [0.25, 0.3) is 0 Å². The van der Waals surface area contributed by atoms with E-state index in [0.29, 0.717) is 0 Å². The third kappa shape index (κ3) is 2.89. The van der Waals surface area contributed by atoms with Gasteiger partial charge in [0, 0.05) is 18.3 Å². The maximum atomic E-state index is 13.5. The molecule has 0 bridgehead atoms. The number of rotatable bonds is 2. The van der Waals surface area contributed by atoms with E-state index in [2.05, 4.69) is 10.4 Å². The first-order chi connectivity index (χ1) is 9.00. The fourth-order valence-corrected chi connectivity index (χ4v) is 2.41. The molecule has 1 N–H and O–H groups in total. The summed E-state index contributed by atoms with van der Waals surface area (Å²) in [6.45, 7) is 4.00. The zero-order valence-electron chi connectivity index (χ0n) is 11.0. The van der Waals surface area contributed by atoms with Crippen molar-refractivity contribution < 1.29 is 13.6 Å². The molecule has 2 unspecified atom stereocenters. The third-order valence-electron chi connectivity index (χ3n) is 3.52. The molecular formula is C13H17F2N3O. The van der Waals surface area contributed by atoms with Gasteiger partial charge in [-0.2, -0.15) is 4.39 Å². The molecule has 104 valence electrons. The lowest BCUT2D eigenvalue weighted by atomic mass is 10.00. The second-order valence-electron chi connectivity index (χ2n) is 4.94. The minimum Gasteiger partial charge on any atom is -0.284 e. The van der Waals surface area contributed by atoms with E-state index in [1.165, 1.54) is 6.07 Å². The average molecular weight is 269 g/mol. The van der Waals surface area contributed by atoms with Crippen LogP contribution >= 0.6 is 0 Å². The molecule has 0 aliphatic carbocycles. The van der Waals surface area contributed by atoms with Gasteiger partial charge < -0.3 is 0 Å². The number of nitrogens with one attached hydrogen (secondary N) is 1. The lowest BCUT2D eigenvalue weighted by molar-refractivity contribution is 0.0366. The Morgan fingerprint density at radius 2 is 2.00 bits per heavy atom. The molecule has 4 nitrogen and oxygen atoms in total. The number of carbonyl (C=O) groups excluding carboxylic acids is 1. The molecule has 1 amide bonds. The van der Waals surface area contributed by atoms with Gasteiger partial charge in [-0.05, 0) is 32.8 Å². The van der Waals surface area contributed by atoms with E-state index in [-0.39, 0.29) is 17.6 Å². The Bertz CT molecular complexity index is 471. The van der Waals surface area contributed by atoms with Crippen molar-refractivity contribution in [1.29, 1.82) is 0 Å². The van der Waals surface area contributed by atoms with Gasteiger partial charge in [0.15, 0.2) is 5.82 Å². The topological polar surface area (TPSA) is 45.2 Å². The summed E-state index contributed by atoms with van der Waals surface area (Å²) in [7, 11) is 0. The predicted octanol–water partition coefficient (Wildman–Crippen LogP) is 2.27. The molecule has 1 aromatic rings. The van der Waals surface area contributed by atoms with Crippen molar-refractivity contribution in [3.05, 3.63) is 29.6 Å². The molecular weight excluding hydrogens is 252 g/mol. The highest BCUT2D eigenvalue weighted by Gasteiger charge is 2.27. The molecule has 1 fully saturated rings.